The predicted octanol–water partition coefficient (Wildman–Crippen LogP) is 6.30. The number of nitrogens with one attached hydrogen (secondary N) is 3. The minimum Gasteiger partial charge on any atom is -0.384 e. The molecule has 3 aromatic carbocycles. The standard InChI is InChI=1S/C12H17F3NO2P.C12H15FN2.C8H10N2O/c1-16(8-11(17-2)18-19)7-9-4-3-5-10(6-9)12(13,14)15;1-3-8-14-10(2)9-15-12-6-4-11(13)5-7-12;9-8(11)10-6-7-4-2-1-3-5-7/h3-6,11H,7-8,19H2,1-2H3;3-7,14-15H,1-2,8-9H2;1-5H,6H2,(H3,9,10,11). The molecule has 0 saturated heterocycles. The van der Waals surface area contributed by atoms with Crippen molar-refractivity contribution in [3.63, 3.8) is 0 Å². The molecule has 3 aromatic rings. The highest BCUT2D eigenvalue weighted by atomic mass is 31.0. The van der Waals surface area contributed by atoms with Crippen LogP contribution in [0.25, 0.3) is 0 Å². The number of anilines is 1. The average Bonchev–Trinajstić information content (AvgIpc) is 3.02. The van der Waals surface area contributed by atoms with Gasteiger partial charge < -0.3 is 30.9 Å². The van der Waals surface area contributed by atoms with Gasteiger partial charge in [-0.1, -0.05) is 61.2 Å². The molecule has 13 heteroatoms. The zero-order chi connectivity index (χ0) is 33.7. The van der Waals surface area contributed by atoms with Crippen molar-refractivity contribution in [2.45, 2.75) is 25.6 Å². The van der Waals surface area contributed by atoms with Gasteiger partial charge >= 0.3 is 12.2 Å². The Morgan fingerprint density at radius 1 is 1.04 bits per heavy atom. The van der Waals surface area contributed by atoms with Gasteiger partial charge in [0.25, 0.3) is 0 Å². The van der Waals surface area contributed by atoms with Crippen LogP contribution in [0.15, 0.2) is 104 Å². The summed E-state index contributed by atoms with van der Waals surface area (Å²) < 4.78 is 60.3. The molecule has 0 aliphatic rings. The molecule has 2 amide bonds. The number of primary amides is 1. The average molecular weight is 652 g/mol. The molecule has 0 spiro atoms. The van der Waals surface area contributed by atoms with Crippen LogP contribution < -0.4 is 21.7 Å². The molecule has 0 radical (unpaired) electrons. The van der Waals surface area contributed by atoms with E-state index in [1.165, 1.54) is 25.3 Å². The summed E-state index contributed by atoms with van der Waals surface area (Å²) in [5, 5.41) is 8.68. The van der Waals surface area contributed by atoms with Crippen LogP contribution in [-0.4, -0.2) is 51.0 Å². The summed E-state index contributed by atoms with van der Waals surface area (Å²) >= 11 is 0. The topological polar surface area (TPSA) is 101 Å². The Hall–Kier alpha value is -3.96. The summed E-state index contributed by atoms with van der Waals surface area (Å²) in [4.78, 5) is 12.1. The van der Waals surface area contributed by atoms with Crippen molar-refractivity contribution in [1.82, 2.24) is 15.5 Å². The van der Waals surface area contributed by atoms with E-state index in [2.05, 4.69) is 38.6 Å². The van der Waals surface area contributed by atoms with Crippen LogP contribution in [0.4, 0.5) is 28.0 Å². The second kappa shape index (κ2) is 21.7. The van der Waals surface area contributed by atoms with Gasteiger partial charge in [0.2, 0.25) is 0 Å². The minimum absolute atomic E-state index is 0.232. The molecule has 0 heterocycles. The lowest BCUT2D eigenvalue weighted by molar-refractivity contribution is -0.137. The van der Waals surface area contributed by atoms with Crippen molar-refractivity contribution in [2.24, 2.45) is 5.73 Å². The van der Waals surface area contributed by atoms with Crippen molar-refractivity contribution >= 4 is 21.2 Å². The van der Waals surface area contributed by atoms with E-state index < -0.39 is 24.1 Å². The maximum Gasteiger partial charge on any atom is 0.416 e. The molecule has 0 aliphatic carbocycles. The molecular weight excluding hydrogens is 609 g/mol. The lowest BCUT2D eigenvalue weighted by Gasteiger charge is -2.22. The molecule has 0 bridgehead atoms. The number of alkyl halides is 3. The molecule has 0 saturated carbocycles. The van der Waals surface area contributed by atoms with Gasteiger partial charge in [0.1, 0.15) is 5.82 Å². The summed E-state index contributed by atoms with van der Waals surface area (Å²) in [6, 6.07) is 20.6. The van der Waals surface area contributed by atoms with Crippen LogP contribution in [0.1, 0.15) is 16.7 Å². The summed E-state index contributed by atoms with van der Waals surface area (Å²) in [6.45, 7) is 10.1. The van der Waals surface area contributed by atoms with E-state index >= 15 is 0 Å². The second-order valence-corrected chi connectivity index (χ2v) is 9.81. The fraction of sp³-hybridized carbons (Fsp3) is 0.281. The van der Waals surface area contributed by atoms with E-state index in [-0.39, 0.29) is 5.82 Å². The summed E-state index contributed by atoms with van der Waals surface area (Å²) in [5.41, 5.74) is 7.64. The summed E-state index contributed by atoms with van der Waals surface area (Å²) in [6.07, 6.45) is -2.98. The quantitative estimate of drug-likeness (QED) is 0.0707. The number of likely N-dealkylation sites (N-methyl/N-ethyl adjacent to an activating group) is 1. The van der Waals surface area contributed by atoms with Gasteiger partial charge in [-0.2, -0.15) is 13.2 Å². The Morgan fingerprint density at radius 3 is 2.24 bits per heavy atom. The van der Waals surface area contributed by atoms with Crippen molar-refractivity contribution in [1.29, 1.82) is 0 Å². The van der Waals surface area contributed by atoms with Crippen LogP contribution in [0.5, 0.6) is 0 Å². The van der Waals surface area contributed by atoms with Gasteiger partial charge in [0.15, 0.2) is 6.29 Å². The van der Waals surface area contributed by atoms with Crippen molar-refractivity contribution in [2.75, 3.05) is 39.1 Å². The van der Waals surface area contributed by atoms with Gasteiger partial charge in [-0.3, -0.25) is 4.90 Å². The smallest absolute Gasteiger partial charge is 0.384 e. The highest BCUT2D eigenvalue weighted by molar-refractivity contribution is 7.09. The minimum atomic E-state index is -4.31. The Kier molecular flexibility index (Phi) is 18.8. The zero-order valence-corrected chi connectivity index (χ0v) is 26.6. The second-order valence-electron chi connectivity index (χ2n) is 9.53. The third-order valence-electron chi connectivity index (χ3n) is 5.74. The van der Waals surface area contributed by atoms with Crippen molar-refractivity contribution in [3.8, 4) is 0 Å². The number of amides is 2. The van der Waals surface area contributed by atoms with Crippen molar-refractivity contribution < 1.29 is 31.6 Å². The molecule has 2 unspecified atom stereocenters. The highest BCUT2D eigenvalue weighted by Gasteiger charge is 2.30. The number of benzene rings is 3. The van der Waals surface area contributed by atoms with Gasteiger partial charge in [0, 0.05) is 54.1 Å². The lowest BCUT2D eigenvalue weighted by Crippen LogP contribution is -2.30. The maximum absolute atomic E-state index is 12.6. The number of carbonyl (C=O) groups excluding carboxylic acids is 1. The first kappa shape index (κ1) is 39.1. The molecule has 0 aromatic heterocycles. The molecule has 3 rings (SSSR count). The summed E-state index contributed by atoms with van der Waals surface area (Å²) in [5.74, 6) is -0.232. The monoisotopic (exact) mass is 651 g/mol. The Balaban J connectivity index is 0.000000350. The highest BCUT2D eigenvalue weighted by Crippen LogP contribution is 2.29. The zero-order valence-electron chi connectivity index (χ0n) is 25.4. The molecule has 0 fully saturated rings. The molecule has 45 heavy (non-hydrogen) atoms. The van der Waals surface area contributed by atoms with Crippen LogP contribution in [0.3, 0.4) is 0 Å². The van der Waals surface area contributed by atoms with Crippen LogP contribution in [0, 0.1) is 5.82 Å². The molecule has 2 atom stereocenters. The number of urea groups is 1. The first-order valence-corrected chi connectivity index (χ1v) is 14.2. The summed E-state index contributed by atoms with van der Waals surface area (Å²) in [7, 11) is 5.40. The Morgan fingerprint density at radius 2 is 1.69 bits per heavy atom. The van der Waals surface area contributed by atoms with E-state index in [0.29, 0.717) is 38.3 Å². The van der Waals surface area contributed by atoms with E-state index in [1.54, 1.807) is 31.3 Å². The number of carbonyl (C=O) groups is 1. The van der Waals surface area contributed by atoms with Crippen molar-refractivity contribution in [3.05, 3.63) is 126 Å². The van der Waals surface area contributed by atoms with Gasteiger partial charge in [-0.15, -0.1) is 6.58 Å². The van der Waals surface area contributed by atoms with Gasteiger partial charge in [-0.25, -0.2) is 9.18 Å². The number of ether oxygens (including phenoxy) is 1. The fourth-order valence-corrected chi connectivity index (χ4v) is 3.69. The fourth-order valence-electron chi connectivity index (χ4n) is 3.49. The predicted molar refractivity (Wildman–Crippen MR) is 174 cm³/mol. The van der Waals surface area contributed by atoms with E-state index in [4.69, 9.17) is 15.0 Å². The number of rotatable bonds is 14. The Labute approximate surface area is 265 Å². The van der Waals surface area contributed by atoms with E-state index in [9.17, 15) is 22.4 Å². The number of methoxy groups -OCH3 is 1. The van der Waals surface area contributed by atoms with Gasteiger partial charge in [0.05, 0.1) is 12.1 Å². The number of hydrogen-bond donors (Lipinski definition) is 4. The molecular formula is C32H42F4N5O3P. The van der Waals surface area contributed by atoms with E-state index in [0.717, 1.165) is 29.1 Å². The molecule has 5 N–H and O–H groups in total. The van der Waals surface area contributed by atoms with Crippen LogP contribution >= 0.6 is 9.47 Å². The first-order valence-electron chi connectivity index (χ1n) is 13.7. The van der Waals surface area contributed by atoms with Gasteiger partial charge in [-0.05, 0) is 48.5 Å². The third-order valence-corrected chi connectivity index (χ3v) is 6.04. The Bertz CT molecular complexity index is 1280. The number of nitrogens with zero attached hydrogens (tertiary/aromatic N) is 1. The SMILES string of the molecule is C=CCNC(=C)CNc1ccc(F)cc1.COC(CN(C)Cc1cccc(C(F)(F)F)c1)OP.NC(=O)NCc1ccccc1. The molecule has 246 valence electrons. The lowest BCUT2D eigenvalue weighted by atomic mass is 10.1. The molecule has 8 nitrogen and oxygen atoms in total. The number of hydrogen-bond acceptors (Lipinski definition) is 6. The number of halogens is 4. The largest absolute Gasteiger partial charge is 0.416 e. The van der Waals surface area contributed by atoms with Crippen LogP contribution in [0.2, 0.25) is 0 Å². The first-order chi connectivity index (χ1) is 21.4. The maximum atomic E-state index is 12.6. The third kappa shape index (κ3) is 18.4. The molecule has 0 aliphatic heterocycles. The van der Waals surface area contributed by atoms with Crippen LogP contribution in [-0.2, 0) is 28.5 Å². The van der Waals surface area contributed by atoms with E-state index in [1.807, 2.05) is 35.2 Å². The number of nitrogens with two attached hydrogens (primary N) is 1. The normalized spacial score (nSPS) is 11.2.